The summed E-state index contributed by atoms with van der Waals surface area (Å²) in [7, 11) is 0. The first-order valence-corrected chi connectivity index (χ1v) is 10.1. The van der Waals surface area contributed by atoms with Crippen LogP contribution >= 0.6 is 0 Å². The molecule has 1 nitrogen and oxygen atoms in total. The molecule has 23 heavy (non-hydrogen) atoms. The molecule has 0 aromatic heterocycles. The summed E-state index contributed by atoms with van der Waals surface area (Å²) in [6.07, 6.45) is 10.8. The Morgan fingerprint density at radius 3 is 2.57 bits per heavy atom. The Balaban J connectivity index is 1.65. The summed E-state index contributed by atoms with van der Waals surface area (Å²) >= 11 is 0. The molecule has 4 rings (SSSR count). The Hall–Kier alpha value is -0.590. The molecule has 0 radical (unpaired) electrons. The fourth-order valence-electron chi connectivity index (χ4n) is 7.49. The molecule has 7 unspecified atom stereocenters. The number of allylic oxidation sites excluding steroid dienone is 2. The SMILES string of the molecule is CC(=O)C1CCC2C3CC(C)=C4CC(C)CCC4C3CCC12C. The maximum Gasteiger partial charge on any atom is 0.133 e. The maximum atomic E-state index is 12.2. The van der Waals surface area contributed by atoms with Crippen LogP contribution in [-0.4, -0.2) is 5.78 Å². The Morgan fingerprint density at radius 1 is 1.04 bits per heavy atom. The largest absolute Gasteiger partial charge is 0.300 e. The molecule has 3 saturated carbocycles. The van der Waals surface area contributed by atoms with E-state index in [0.29, 0.717) is 17.1 Å². The van der Waals surface area contributed by atoms with Crippen molar-refractivity contribution in [3.63, 3.8) is 0 Å². The summed E-state index contributed by atoms with van der Waals surface area (Å²) in [5, 5.41) is 0. The van der Waals surface area contributed by atoms with Crippen molar-refractivity contribution in [3.05, 3.63) is 11.1 Å². The van der Waals surface area contributed by atoms with Crippen molar-refractivity contribution in [1.82, 2.24) is 0 Å². The lowest BCUT2D eigenvalue weighted by Gasteiger charge is -2.54. The van der Waals surface area contributed by atoms with E-state index in [2.05, 4.69) is 20.8 Å². The van der Waals surface area contributed by atoms with Gasteiger partial charge in [-0.25, -0.2) is 0 Å². The van der Waals surface area contributed by atoms with E-state index in [-0.39, 0.29) is 0 Å². The summed E-state index contributed by atoms with van der Waals surface area (Å²) in [5.41, 5.74) is 3.90. The average molecular weight is 315 g/mol. The zero-order chi connectivity index (χ0) is 16.4. The zero-order valence-electron chi connectivity index (χ0n) is 15.5. The van der Waals surface area contributed by atoms with E-state index >= 15 is 0 Å². The van der Waals surface area contributed by atoms with E-state index in [9.17, 15) is 4.79 Å². The molecule has 0 heterocycles. The second-order valence-electron chi connectivity index (χ2n) is 9.72. The highest BCUT2D eigenvalue weighted by Crippen LogP contribution is 2.64. The molecular weight excluding hydrogens is 280 g/mol. The second kappa shape index (κ2) is 5.46. The van der Waals surface area contributed by atoms with Crippen LogP contribution in [-0.2, 0) is 4.79 Å². The first kappa shape index (κ1) is 15.9. The van der Waals surface area contributed by atoms with Crippen LogP contribution < -0.4 is 0 Å². The predicted molar refractivity (Wildman–Crippen MR) is 95.0 cm³/mol. The first-order valence-electron chi connectivity index (χ1n) is 10.1. The highest BCUT2D eigenvalue weighted by Gasteiger charge is 2.57. The van der Waals surface area contributed by atoms with Gasteiger partial charge in [0, 0.05) is 5.92 Å². The molecule has 0 N–H and O–H groups in total. The maximum absolute atomic E-state index is 12.2. The van der Waals surface area contributed by atoms with Crippen LogP contribution in [0, 0.1) is 40.9 Å². The Bertz CT molecular complexity index is 544. The van der Waals surface area contributed by atoms with Crippen LogP contribution in [0.1, 0.15) is 79.1 Å². The number of rotatable bonds is 1. The minimum atomic E-state index is 0.312. The van der Waals surface area contributed by atoms with Crippen LogP contribution in [0.15, 0.2) is 11.1 Å². The number of Topliss-reactive ketones (excluding diaryl/α,β-unsaturated/α-hetero) is 1. The highest BCUT2D eigenvalue weighted by atomic mass is 16.1. The van der Waals surface area contributed by atoms with Crippen molar-refractivity contribution >= 4 is 5.78 Å². The van der Waals surface area contributed by atoms with Gasteiger partial charge in [0.1, 0.15) is 5.78 Å². The van der Waals surface area contributed by atoms with Gasteiger partial charge in [0.25, 0.3) is 0 Å². The van der Waals surface area contributed by atoms with Gasteiger partial charge in [-0.2, -0.15) is 0 Å². The predicted octanol–water partition coefficient (Wildman–Crippen LogP) is 5.79. The summed E-state index contributed by atoms with van der Waals surface area (Å²) < 4.78 is 0. The zero-order valence-corrected chi connectivity index (χ0v) is 15.5. The van der Waals surface area contributed by atoms with Gasteiger partial charge < -0.3 is 0 Å². The molecule has 128 valence electrons. The van der Waals surface area contributed by atoms with Crippen LogP contribution in [0.2, 0.25) is 0 Å². The lowest BCUT2D eigenvalue weighted by Crippen LogP contribution is -2.47. The number of carbonyl (C=O) groups is 1. The van der Waals surface area contributed by atoms with Crippen LogP contribution in [0.3, 0.4) is 0 Å². The van der Waals surface area contributed by atoms with Crippen molar-refractivity contribution < 1.29 is 4.79 Å². The molecular formula is C22H34O. The summed E-state index contributed by atoms with van der Waals surface area (Å²) in [5.74, 6) is 5.23. The molecule has 4 aliphatic carbocycles. The number of hydrogen-bond donors (Lipinski definition) is 0. The topological polar surface area (TPSA) is 17.1 Å². The molecule has 0 aromatic rings. The molecule has 0 saturated heterocycles. The Morgan fingerprint density at radius 2 is 1.83 bits per heavy atom. The quantitative estimate of drug-likeness (QED) is 0.560. The van der Waals surface area contributed by atoms with Crippen molar-refractivity contribution in [1.29, 1.82) is 0 Å². The second-order valence-corrected chi connectivity index (χ2v) is 9.72. The lowest BCUT2D eigenvalue weighted by atomic mass is 9.50. The van der Waals surface area contributed by atoms with Gasteiger partial charge in [0.05, 0.1) is 0 Å². The van der Waals surface area contributed by atoms with Crippen molar-refractivity contribution in [2.75, 3.05) is 0 Å². The molecule has 0 spiro atoms. The summed E-state index contributed by atoms with van der Waals surface area (Å²) in [4.78, 5) is 12.2. The number of hydrogen-bond acceptors (Lipinski definition) is 1. The molecule has 1 heteroatoms. The molecule has 0 bridgehead atoms. The van der Waals surface area contributed by atoms with Gasteiger partial charge in [0.15, 0.2) is 0 Å². The van der Waals surface area contributed by atoms with Gasteiger partial charge in [-0.3, -0.25) is 4.79 Å². The molecule has 4 aliphatic rings. The van der Waals surface area contributed by atoms with Crippen LogP contribution in [0.4, 0.5) is 0 Å². The summed E-state index contributed by atoms with van der Waals surface area (Å²) in [6, 6.07) is 0. The number of carbonyl (C=O) groups excluding carboxylic acids is 1. The van der Waals surface area contributed by atoms with Crippen LogP contribution in [0.5, 0.6) is 0 Å². The third-order valence-corrected chi connectivity index (χ3v) is 8.58. The average Bonchev–Trinajstić information content (AvgIpc) is 2.85. The smallest absolute Gasteiger partial charge is 0.133 e. The first-order chi connectivity index (χ1) is 10.9. The number of fused-ring (bicyclic) bond motifs is 5. The molecule has 0 aromatic carbocycles. The Kier molecular flexibility index (Phi) is 3.78. The van der Waals surface area contributed by atoms with Gasteiger partial charge in [-0.05, 0) is 100 Å². The van der Waals surface area contributed by atoms with Crippen LogP contribution in [0.25, 0.3) is 0 Å². The van der Waals surface area contributed by atoms with Crippen molar-refractivity contribution in [3.8, 4) is 0 Å². The van der Waals surface area contributed by atoms with E-state index in [1.54, 1.807) is 5.57 Å². The summed E-state index contributed by atoms with van der Waals surface area (Å²) in [6.45, 7) is 9.18. The fourth-order valence-corrected chi connectivity index (χ4v) is 7.49. The monoisotopic (exact) mass is 314 g/mol. The number of ketones is 1. The molecule has 0 aliphatic heterocycles. The van der Waals surface area contributed by atoms with Crippen molar-refractivity contribution in [2.45, 2.75) is 79.1 Å². The third kappa shape index (κ3) is 2.29. The normalized spacial score (nSPS) is 49.4. The molecule has 7 atom stereocenters. The van der Waals surface area contributed by atoms with Crippen molar-refractivity contribution in [2.24, 2.45) is 40.9 Å². The minimum absolute atomic E-state index is 0.312. The van der Waals surface area contributed by atoms with Gasteiger partial charge >= 0.3 is 0 Å². The third-order valence-electron chi connectivity index (χ3n) is 8.58. The fraction of sp³-hybridized carbons (Fsp3) is 0.864. The molecule has 0 amide bonds. The van der Waals surface area contributed by atoms with Gasteiger partial charge in [0.2, 0.25) is 0 Å². The van der Waals surface area contributed by atoms with E-state index in [4.69, 9.17) is 0 Å². The van der Waals surface area contributed by atoms with E-state index in [1.165, 1.54) is 44.9 Å². The standard InChI is InChI=1S/C22H34O/c1-13-5-6-16-17-9-10-22(4)20(15(3)23)7-8-21(22)19(17)12-14(2)18(16)11-13/h13,16-17,19-21H,5-12H2,1-4H3. The lowest BCUT2D eigenvalue weighted by molar-refractivity contribution is -0.126. The minimum Gasteiger partial charge on any atom is -0.300 e. The van der Waals surface area contributed by atoms with Gasteiger partial charge in [-0.1, -0.05) is 25.0 Å². The van der Waals surface area contributed by atoms with E-state index in [0.717, 1.165) is 36.0 Å². The van der Waals surface area contributed by atoms with E-state index < -0.39 is 0 Å². The highest BCUT2D eigenvalue weighted by molar-refractivity contribution is 5.79. The van der Waals surface area contributed by atoms with Gasteiger partial charge in [-0.15, -0.1) is 0 Å². The Labute approximate surface area is 142 Å². The van der Waals surface area contributed by atoms with E-state index in [1.807, 2.05) is 12.5 Å². The molecule has 3 fully saturated rings.